The number of carbonyl (C=O) groups is 1. The van der Waals surface area contributed by atoms with Crippen LogP contribution < -0.4 is 10.2 Å². The first-order chi connectivity index (χ1) is 10.2. The molecule has 0 radical (unpaired) electrons. The number of hydrogen-bond donors (Lipinski definition) is 1. The SMILES string of the molecule is O=C(NCCCN1CCc2ccccc21)c1ccc(Cl)o1. The summed E-state index contributed by atoms with van der Waals surface area (Å²) in [4.78, 5) is 14.1. The fourth-order valence-electron chi connectivity index (χ4n) is 2.63. The number of para-hydroxylation sites is 1. The maximum atomic E-state index is 11.8. The van der Waals surface area contributed by atoms with E-state index >= 15 is 0 Å². The van der Waals surface area contributed by atoms with Crippen molar-refractivity contribution < 1.29 is 9.21 Å². The van der Waals surface area contributed by atoms with E-state index in [9.17, 15) is 4.79 Å². The fourth-order valence-corrected chi connectivity index (χ4v) is 2.78. The molecule has 1 aromatic carbocycles. The minimum absolute atomic E-state index is 0.219. The summed E-state index contributed by atoms with van der Waals surface area (Å²) in [6, 6.07) is 11.6. The van der Waals surface area contributed by atoms with Gasteiger partial charge in [0.1, 0.15) is 0 Å². The van der Waals surface area contributed by atoms with Crippen LogP contribution in [-0.4, -0.2) is 25.5 Å². The van der Waals surface area contributed by atoms with Gasteiger partial charge in [-0.2, -0.15) is 0 Å². The van der Waals surface area contributed by atoms with Crippen molar-refractivity contribution >= 4 is 23.2 Å². The van der Waals surface area contributed by atoms with Crippen molar-refractivity contribution in [2.75, 3.05) is 24.5 Å². The zero-order valence-electron chi connectivity index (χ0n) is 11.6. The quantitative estimate of drug-likeness (QED) is 0.863. The summed E-state index contributed by atoms with van der Waals surface area (Å²) in [5, 5.41) is 3.07. The Hall–Kier alpha value is -1.94. The zero-order chi connectivity index (χ0) is 14.7. The molecule has 0 spiro atoms. The van der Waals surface area contributed by atoms with Gasteiger partial charge >= 0.3 is 0 Å². The van der Waals surface area contributed by atoms with E-state index in [1.54, 1.807) is 12.1 Å². The Morgan fingerprint density at radius 3 is 2.95 bits per heavy atom. The van der Waals surface area contributed by atoms with Gasteiger partial charge in [-0.25, -0.2) is 0 Å². The summed E-state index contributed by atoms with van der Waals surface area (Å²) in [6.07, 6.45) is 2.00. The first kappa shape index (κ1) is 14.0. The van der Waals surface area contributed by atoms with E-state index in [2.05, 4.69) is 34.5 Å². The molecule has 110 valence electrons. The number of nitrogens with zero attached hydrogens (tertiary/aromatic N) is 1. The third-order valence-corrected chi connectivity index (χ3v) is 3.87. The van der Waals surface area contributed by atoms with Crippen molar-refractivity contribution in [3.05, 3.63) is 52.9 Å². The molecule has 0 unspecified atom stereocenters. The molecule has 0 saturated heterocycles. The lowest BCUT2D eigenvalue weighted by Gasteiger charge is -2.19. The molecule has 1 aromatic heterocycles. The van der Waals surface area contributed by atoms with Crippen molar-refractivity contribution in [1.29, 1.82) is 0 Å². The maximum absolute atomic E-state index is 11.8. The molecule has 21 heavy (non-hydrogen) atoms. The molecule has 0 aliphatic carbocycles. The molecule has 4 nitrogen and oxygen atoms in total. The van der Waals surface area contributed by atoms with Gasteiger partial charge in [0.25, 0.3) is 5.91 Å². The van der Waals surface area contributed by atoms with Crippen molar-refractivity contribution in [2.24, 2.45) is 0 Å². The van der Waals surface area contributed by atoms with E-state index < -0.39 is 0 Å². The largest absolute Gasteiger partial charge is 0.440 e. The van der Waals surface area contributed by atoms with Crippen LogP contribution in [-0.2, 0) is 6.42 Å². The van der Waals surface area contributed by atoms with Gasteiger partial charge in [-0.3, -0.25) is 4.79 Å². The van der Waals surface area contributed by atoms with E-state index in [4.69, 9.17) is 16.0 Å². The molecule has 0 bridgehead atoms. The number of rotatable bonds is 5. The fraction of sp³-hybridized carbons (Fsp3) is 0.312. The average Bonchev–Trinajstić information content (AvgIpc) is 3.10. The van der Waals surface area contributed by atoms with E-state index in [1.165, 1.54) is 11.3 Å². The highest BCUT2D eigenvalue weighted by atomic mass is 35.5. The predicted octanol–water partition coefficient (Wildman–Crippen LogP) is 3.12. The van der Waals surface area contributed by atoms with E-state index in [0.717, 1.165) is 25.9 Å². The number of furan rings is 1. The highest BCUT2D eigenvalue weighted by Crippen LogP contribution is 2.27. The molecule has 1 N–H and O–H groups in total. The molecular formula is C16H17ClN2O2. The first-order valence-corrected chi connectivity index (χ1v) is 7.48. The van der Waals surface area contributed by atoms with Crippen molar-refractivity contribution in [1.82, 2.24) is 5.32 Å². The number of hydrogen-bond acceptors (Lipinski definition) is 3. The Bertz CT molecular complexity index is 639. The van der Waals surface area contributed by atoms with Crippen LogP contribution in [0.1, 0.15) is 22.5 Å². The van der Waals surface area contributed by atoms with Crippen LogP contribution in [0.15, 0.2) is 40.8 Å². The standard InChI is InChI=1S/C16H17ClN2O2/c17-15-7-6-14(21-15)16(20)18-9-3-10-19-11-8-12-4-1-2-5-13(12)19/h1-2,4-7H,3,8-11H2,(H,18,20). The average molecular weight is 305 g/mol. The lowest BCUT2D eigenvalue weighted by molar-refractivity contribution is 0.0926. The van der Waals surface area contributed by atoms with Crippen LogP contribution in [0.5, 0.6) is 0 Å². The van der Waals surface area contributed by atoms with Crippen LogP contribution in [0.2, 0.25) is 5.22 Å². The van der Waals surface area contributed by atoms with Gasteiger partial charge in [-0.1, -0.05) is 18.2 Å². The number of carbonyl (C=O) groups excluding carboxylic acids is 1. The molecule has 0 atom stereocenters. The van der Waals surface area contributed by atoms with E-state index in [0.29, 0.717) is 6.54 Å². The third kappa shape index (κ3) is 3.22. The topological polar surface area (TPSA) is 45.5 Å². The summed E-state index contributed by atoms with van der Waals surface area (Å²) < 4.78 is 5.07. The number of anilines is 1. The molecule has 2 aromatic rings. The molecular weight excluding hydrogens is 288 g/mol. The van der Waals surface area contributed by atoms with Gasteiger partial charge in [-0.15, -0.1) is 0 Å². The maximum Gasteiger partial charge on any atom is 0.287 e. The second kappa shape index (κ2) is 6.22. The molecule has 1 aliphatic heterocycles. The molecule has 1 amide bonds. The Morgan fingerprint density at radius 1 is 1.29 bits per heavy atom. The van der Waals surface area contributed by atoms with E-state index in [-0.39, 0.29) is 16.9 Å². The minimum Gasteiger partial charge on any atom is -0.440 e. The van der Waals surface area contributed by atoms with Crippen LogP contribution in [0, 0.1) is 0 Å². The second-order valence-electron chi connectivity index (χ2n) is 5.08. The number of nitrogens with one attached hydrogen (secondary N) is 1. The number of benzene rings is 1. The summed E-state index contributed by atoms with van der Waals surface area (Å²) in [7, 11) is 0. The highest BCUT2D eigenvalue weighted by Gasteiger charge is 2.17. The van der Waals surface area contributed by atoms with Crippen LogP contribution >= 0.6 is 11.6 Å². The smallest absolute Gasteiger partial charge is 0.287 e. The summed E-state index contributed by atoms with van der Waals surface area (Å²) in [5.41, 5.74) is 2.73. The highest BCUT2D eigenvalue weighted by molar-refractivity contribution is 6.29. The lowest BCUT2D eigenvalue weighted by Crippen LogP contribution is -2.28. The predicted molar refractivity (Wildman–Crippen MR) is 83.0 cm³/mol. The molecule has 2 heterocycles. The second-order valence-corrected chi connectivity index (χ2v) is 5.45. The Labute approximate surface area is 128 Å². The Kier molecular flexibility index (Phi) is 4.15. The molecule has 5 heteroatoms. The summed E-state index contributed by atoms with van der Waals surface area (Å²) in [6.45, 7) is 2.62. The van der Waals surface area contributed by atoms with Crippen molar-refractivity contribution in [2.45, 2.75) is 12.8 Å². The van der Waals surface area contributed by atoms with Crippen LogP contribution in [0.4, 0.5) is 5.69 Å². The number of fused-ring (bicyclic) bond motifs is 1. The van der Waals surface area contributed by atoms with Gasteiger partial charge in [0, 0.05) is 25.3 Å². The van der Waals surface area contributed by atoms with Gasteiger partial charge in [-0.05, 0) is 48.2 Å². The molecule has 0 fully saturated rings. The van der Waals surface area contributed by atoms with Crippen molar-refractivity contribution in [3.8, 4) is 0 Å². The summed E-state index contributed by atoms with van der Waals surface area (Å²) in [5.74, 6) is 0.0373. The summed E-state index contributed by atoms with van der Waals surface area (Å²) >= 11 is 5.65. The third-order valence-electron chi connectivity index (χ3n) is 3.67. The molecule has 0 saturated carbocycles. The van der Waals surface area contributed by atoms with E-state index in [1.807, 2.05) is 0 Å². The van der Waals surface area contributed by atoms with Gasteiger partial charge in [0.2, 0.25) is 0 Å². The molecule has 3 rings (SSSR count). The van der Waals surface area contributed by atoms with Gasteiger partial charge in [0.05, 0.1) is 0 Å². The molecule has 1 aliphatic rings. The normalized spacial score (nSPS) is 13.3. The Balaban J connectivity index is 1.44. The number of amides is 1. The minimum atomic E-state index is -0.219. The van der Waals surface area contributed by atoms with Crippen LogP contribution in [0.25, 0.3) is 0 Å². The Morgan fingerprint density at radius 2 is 2.14 bits per heavy atom. The van der Waals surface area contributed by atoms with Crippen LogP contribution in [0.3, 0.4) is 0 Å². The lowest BCUT2D eigenvalue weighted by atomic mass is 10.2. The number of halogens is 1. The van der Waals surface area contributed by atoms with Gasteiger partial charge in [0.15, 0.2) is 11.0 Å². The first-order valence-electron chi connectivity index (χ1n) is 7.10. The van der Waals surface area contributed by atoms with Gasteiger partial charge < -0.3 is 14.6 Å². The monoisotopic (exact) mass is 304 g/mol. The zero-order valence-corrected chi connectivity index (χ0v) is 12.4. The van der Waals surface area contributed by atoms with Crippen molar-refractivity contribution in [3.63, 3.8) is 0 Å².